The van der Waals surface area contributed by atoms with Gasteiger partial charge in [-0.1, -0.05) is 0 Å². The number of carboxylic acids is 1. The molecule has 10 nitrogen and oxygen atoms in total. The molecule has 3 rings (SSSR count). The minimum atomic E-state index is -1.13. The van der Waals surface area contributed by atoms with Crippen LogP contribution in [0.15, 0.2) is 18.6 Å². The SMILES string of the molecule is NC1C(=O)N2CC(C[n+]3ccnc(N(CCO)CCO)c3)(C(=O)O)CS[C@H]12. The lowest BCUT2D eigenvalue weighted by Crippen LogP contribution is -2.73. The van der Waals surface area contributed by atoms with Crippen molar-refractivity contribution >= 4 is 29.5 Å². The van der Waals surface area contributed by atoms with Crippen LogP contribution >= 0.6 is 11.8 Å². The van der Waals surface area contributed by atoms with E-state index in [0.717, 1.165) is 0 Å². The minimum absolute atomic E-state index is 0.0923. The van der Waals surface area contributed by atoms with Crippen LogP contribution in [0.5, 0.6) is 0 Å². The van der Waals surface area contributed by atoms with Gasteiger partial charge in [0, 0.05) is 25.4 Å². The van der Waals surface area contributed by atoms with Gasteiger partial charge in [0.15, 0.2) is 24.0 Å². The molecule has 0 saturated carbocycles. The number of carboxylic acid groups (broad SMARTS) is 1. The summed E-state index contributed by atoms with van der Waals surface area (Å²) in [5, 5.41) is 28.1. The zero-order valence-corrected chi connectivity index (χ0v) is 15.6. The van der Waals surface area contributed by atoms with Crippen molar-refractivity contribution in [2.24, 2.45) is 11.1 Å². The van der Waals surface area contributed by atoms with Crippen molar-refractivity contribution in [1.82, 2.24) is 9.88 Å². The first-order valence-corrected chi connectivity index (χ1v) is 9.69. The predicted molar refractivity (Wildman–Crippen MR) is 96.8 cm³/mol. The fourth-order valence-electron chi connectivity index (χ4n) is 3.43. The molecule has 11 heteroatoms. The van der Waals surface area contributed by atoms with Crippen LogP contribution in [-0.2, 0) is 16.1 Å². The Kier molecular flexibility index (Phi) is 5.84. The van der Waals surface area contributed by atoms with Gasteiger partial charge in [-0.05, 0) is 0 Å². The number of hydrogen-bond donors (Lipinski definition) is 4. The lowest BCUT2D eigenvalue weighted by molar-refractivity contribution is -0.706. The number of hydrogen-bond acceptors (Lipinski definition) is 8. The maximum absolute atomic E-state index is 12.1. The molecule has 2 fully saturated rings. The molecule has 0 radical (unpaired) electrons. The summed E-state index contributed by atoms with van der Waals surface area (Å²) in [6.07, 6.45) is 4.91. The predicted octanol–water partition coefficient (Wildman–Crippen LogP) is -2.53. The van der Waals surface area contributed by atoms with E-state index in [0.29, 0.717) is 24.7 Å². The van der Waals surface area contributed by atoms with Crippen molar-refractivity contribution in [2.45, 2.75) is 18.0 Å². The molecule has 27 heavy (non-hydrogen) atoms. The van der Waals surface area contributed by atoms with Crippen LogP contribution in [0, 0.1) is 5.41 Å². The van der Waals surface area contributed by atoms with Gasteiger partial charge >= 0.3 is 5.97 Å². The number of nitrogens with zero attached hydrogens (tertiary/aromatic N) is 4. The molecular formula is C16H24N5O5S+. The Bertz CT molecular complexity index is 716. The van der Waals surface area contributed by atoms with Gasteiger partial charge in [0.05, 0.1) is 19.4 Å². The highest BCUT2D eigenvalue weighted by atomic mass is 32.2. The van der Waals surface area contributed by atoms with Crippen LogP contribution in [0.3, 0.4) is 0 Å². The molecule has 3 atom stereocenters. The van der Waals surface area contributed by atoms with Crippen LogP contribution in [0.25, 0.3) is 0 Å². The fraction of sp³-hybridized carbons (Fsp3) is 0.625. The summed E-state index contributed by atoms with van der Waals surface area (Å²) in [5.74, 6) is -0.290. The molecule has 2 aliphatic rings. The second kappa shape index (κ2) is 7.97. The van der Waals surface area contributed by atoms with E-state index in [-0.39, 0.29) is 37.6 Å². The third-order valence-corrected chi connectivity index (χ3v) is 6.54. The number of fused-ring (bicyclic) bond motifs is 1. The fourth-order valence-corrected chi connectivity index (χ4v) is 4.91. The van der Waals surface area contributed by atoms with E-state index in [9.17, 15) is 24.9 Å². The number of aliphatic carboxylic acids is 1. The molecular weight excluding hydrogens is 374 g/mol. The lowest BCUT2D eigenvalue weighted by atomic mass is 9.87. The smallest absolute Gasteiger partial charge is 0.318 e. The second-order valence-corrected chi connectivity index (χ2v) is 7.91. The molecule has 148 valence electrons. The van der Waals surface area contributed by atoms with Crippen molar-refractivity contribution in [3.05, 3.63) is 18.6 Å². The van der Waals surface area contributed by atoms with Crippen LogP contribution in [0.2, 0.25) is 0 Å². The van der Waals surface area contributed by atoms with Gasteiger partial charge in [0.25, 0.3) is 0 Å². The Labute approximate surface area is 160 Å². The number of aromatic nitrogens is 2. The molecule has 0 aliphatic carbocycles. The molecule has 3 heterocycles. The summed E-state index contributed by atoms with van der Waals surface area (Å²) in [5.41, 5.74) is 4.66. The van der Waals surface area contributed by atoms with Crippen molar-refractivity contribution in [1.29, 1.82) is 0 Å². The molecule has 1 aromatic heterocycles. The first-order chi connectivity index (χ1) is 12.9. The molecule has 2 unspecified atom stereocenters. The number of thioether (sulfide) groups is 1. The van der Waals surface area contributed by atoms with Gasteiger partial charge in [-0.15, -0.1) is 11.8 Å². The Morgan fingerprint density at radius 3 is 2.78 bits per heavy atom. The van der Waals surface area contributed by atoms with E-state index < -0.39 is 17.4 Å². The summed E-state index contributed by atoms with van der Waals surface area (Å²) in [6.45, 7) is 0.714. The maximum atomic E-state index is 12.1. The van der Waals surface area contributed by atoms with Gasteiger partial charge in [0.1, 0.15) is 11.4 Å². The van der Waals surface area contributed by atoms with Crippen LogP contribution in [-0.4, -0.2) is 87.1 Å². The van der Waals surface area contributed by atoms with Crippen molar-refractivity contribution in [3.63, 3.8) is 0 Å². The number of nitrogens with two attached hydrogens (primary N) is 1. The molecule has 1 amide bonds. The van der Waals surface area contributed by atoms with Crippen LogP contribution in [0.1, 0.15) is 0 Å². The Morgan fingerprint density at radius 2 is 2.15 bits per heavy atom. The molecule has 0 spiro atoms. The highest BCUT2D eigenvalue weighted by Gasteiger charge is 2.57. The first kappa shape index (κ1) is 19.8. The zero-order valence-electron chi connectivity index (χ0n) is 14.8. The number of aliphatic hydroxyl groups is 2. The highest BCUT2D eigenvalue weighted by molar-refractivity contribution is 8.00. The topological polar surface area (TPSA) is 144 Å². The Hall–Kier alpha value is -1.95. The largest absolute Gasteiger partial charge is 0.481 e. The average molecular weight is 398 g/mol. The second-order valence-electron chi connectivity index (χ2n) is 6.80. The van der Waals surface area contributed by atoms with Crippen molar-refractivity contribution in [2.75, 3.05) is 43.5 Å². The van der Waals surface area contributed by atoms with Crippen LogP contribution in [0.4, 0.5) is 5.82 Å². The molecule has 2 saturated heterocycles. The van der Waals surface area contributed by atoms with E-state index in [4.69, 9.17) is 5.73 Å². The van der Waals surface area contributed by atoms with Gasteiger partial charge in [-0.2, -0.15) is 4.57 Å². The molecule has 1 aromatic rings. The van der Waals surface area contributed by atoms with Crippen LogP contribution < -0.4 is 15.2 Å². The number of rotatable bonds is 8. The number of amides is 1. The van der Waals surface area contributed by atoms with Gasteiger partial charge in [-0.25, -0.2) is 4.98 Å². The number of anilines is 1. The van der Waals surface area contributed by atoms with E-state index in [2.05, 4.69) is 4.98 Å². The van der Waals surface area contributed by atoms with E-state index >= 15 is 0 Å². The zero-order chi connectivity index (χ0) is 19.6. The monoisotopic (exact) mass is 398 g/mol. The van der Waals surface area contributed by atoms with Gasteiger partial charge in [-0.3, -0.25) is 9.59 Å². The quantitative estimate of drug-likeness (QED) is 0.275. The minimum Gasteiger partial charge on any atom is -0.481 e. The lowest BCUT2D eigenvalue weighted by Gasteiger charge is -2.51. The number of β-lactam (4-membered cyclic amide) rings is 1. The normalized spacial score (nSPS) is 27.1. The summed E-state index contributed by atoms with van der Waals surface area (Å²) >= 11 is 1.40. The summed E-state index contributed by atoms with van der Waals surface area (Å²) in [4.78, 5) is 31.6. The van der Waals surface area contributed by atoms with E-state index in [1.807, 2.05) is 0 Å². The standard InChI is InChI=1S/C16H23N5O5S/c17-12-13(24)21-9-16(15(25)26,10-27-14(12)21)8-19-2-1-18-11(7-19)20(3-5-22)4-6-23/h1-2,7,12,14,22-23H,3-6,8-10,17H2/p+1/t12?,14-,16?/m1/s1. The molecule has 5 N–H and O–H groups in total. The molecule has 0 aromatic carbocycles. The third kappa shape index (κ3) is 3.72. The first-order valence-electron chi connectivity index (χ1n) is 8.65. The Morgan fingerprint density at radius 1 is 1.44 bits per heavy atom. The van der Waals surface area contributed by atoms with Gasteiger partial charge < -0.3 is 30.9 Å². The van der Waals surface area contributed by atoms with E-state index in [1.165, 1.54) is 11.8 Å². The Balaban J connectivity index is 1.80. The molecule has 0 bridgehead atoms. The summed E-state index contributed by atoms with van der Waals surface area (Å²) in [7, 11) is 0. The number of carbonyl (C=O) groups excluding carboxylic acids is 1. The third-order valence-electron chi connectivity index (χ3n) is 4.94. The average Bonchev–Trinajstić information content (AvgIpc) is 2.67. The van der Waals surface area contributed by atoms with Crippen molar-refractivity contribution in [3.8, 4) is 0 Å². The highest BCUT2D eigenvalue weighted by Crippen LogP contribution is 2.41. The summed E-state index contributed by atoms with van der Waals surface area (Å²) < 4.78 is 1.73. The van der Waals surface area contributed by atoms with Gasteiger partial charge in [0.2, 0.25) is 12.1 Å². The number of carbonyl (C=O) groups is 2. The maximum Gasteiger partial charge on any atom is 0.318 e. The van der Waals surface area contributed by atoms with Crippen molar-refractivity contribution < 1.29 is 29.5 Å². The molecule has 2 aliphatic heterocycles. The van der Waals surface area contributed by atoms with E-state index in [1.54, 1.807) is 33.0 Å². The number of aliphatic hydroxyl groups excluding tert-OH is 2. The summed E-state index contributed by atoms with van der Waals surface area (Å²) in [6, 6.07) is -0.549.